The highest BCUT2D eigenvalue weighted by molar-refractivity contribution is 5.88. The molecule has 1 heterocycles. The van der Waals surface area contributed by atoms with Gasteiger partial charge in [0.2, 0.25) is 0 Å². The minimum Gasteiger partial charge on any atom is -0.481 e. The van der Waals surface area contributed by atoms with Gasteiger partial charge >= 0.3 is 11.9 Å². The van der Waals surface area contributed by atoms with Gasteiger partial charge < -0.3 is 15.5 Å². The maximum atomic E-state index is 11.7. The Balaban J connectivity index is 2.58. The molecule has 0 amide bonds. The zero-order valence-electron chi connectivity index (χ0n) is 11.3. The molecule has 5 nitrogen and oxygen atoms in total. The molecule has 0 saturated carbocycles. The van der Waals surface area contributed by atoms with Crippen molar-refractivity contribution in [2.24, 2.45) is 5.92 Å². The highest BCUT2D eigenvalue weighted by atomic mass is 16.4. The summed E-state index contributed by atoms with van der Waals surface area (Å²) in [7, 11) is 0. The number of rotatable bonds is 3. The molecule has 0 radical (unpaired) electrons. The third-order valence-electron chi connectivity index (χ3n) is 3.91. The van der Waals surface area contributed by atoms with Gasteiger partial charge in [0.15, 0.2) is 0 Å². The van der Waals surface area contributed by atoms with Crippen LogP contribution in [0, 0.1) is 5.92 Å². The number of allylic oxidation sites excluding steroid dienone is 1. The van der Waals surface area contributed by atoms with E-state index in [-0.39, 0.29) is 0 Å². The average molecular weight is 275 g/mol. The van der Waals surface area contributed by atoms with Crippen LogP contribution in [0.2, 0.25) is 0 Å². The average Bonchev–Trinajstić information content (AvgIpc) is 2.41. The van der Waals surface area contributed by atoms with E-state index in [0.29, 0.717) is 0 Å². The lowest BCUT2D eigenvalue weighted by Crippen LogP contribution is -2.59. The quantitative estimate of drug-likeness (QED) is 0.783. The summed E-state index contributed by atoms with van der Waals surface area (Å²) in [6.07, 6.45) is 1.60. The van der Waals surface area contributed by atoms with Crippen LogP contribution in [-0.4, -0.2) is 27.7 Å². The lowest BCUT2D eigenvalue weighted by atomic mass is 9.69. The fraction of sp³-hybridized carbons (Fsp3) is 0.333. The maximum absolute atomic E-state index is 11.7. The van der Waals surface area contributed by atoms with Crippen LogP contribution in [0.5, 0.6) is 0 Å². The fourth-order valence-electron chi connectivity index (χ4n) is 2.74. The zero-order chi connectivity index (χ0) is 14.9. The summed E-state index contributed by atoms with van der Waals surface area (Å²) < 4.78 is 0. The molecule has 0 saturated heterocycles. The van der Waals surface area contributed by atoms with Crippen molar-refractivity contribution < 1.29 is 19.8 Å². The number of aliphatic carboxylic acids is 2. The maximum Gasteiger partial charge on any atom is 0.329 e. The highest BCUT2D eigenvalue weighted by Gasteiger charge is 2.52. The lowest BCUT2D eigenvalue weighted by molar-refractivity contribution is -0.157. The molecule has 3 unspecified atom stereocenters. The number of nitrogens with one attached hydrogen (secondary N) is 1. The van der Waals surface area contributed by atoms with E-state index < -0.39 is 29.3 Å². The van der Waals surface area contributed by atoms with Crippen molar-refractivity contribution in [2.45, 2.75) is 25.3 Å². The van der Waals surface area contributed by atoms with E-state index >= 15 is 0 Å². The van der Waals surface area contributed by atoms with Gasteiger partial charge in [0.1, 0.15) is 11.5 Å². The number of carbonyl (C=O) groups is 2. The van der Waals surface area contributed by atoms with Crippen LogP contribution in [0.4, 0.5) is 0 Å². The van der Waals surface area contributed by atoms with E-state index in [4.69, 9.17) is 0 Å². The molecule has 1 aliphatic heterocycles. The van der Waals surface area contributed by atoms with Gasteiger partial charge in [-0.15, -0.1) is 0 Å². The van der Waals surface area contributed by atoms with Gasteiger partial charge in [0.25, 0.3) is 0 Å². The summed E-state index contributed by atoms with van der Waals surface area (Å²) >= 11 is 0. The first-order chi connectivity index (χ1) is 9.38. The Kier molecular flexibility index (Phi) is 3.53. The molecule has 0 aliphatic carbocycles. The Bertz CT molecular complexity index is 566. The van der Waals surface area contributed by atoms with Gasteiger partial charge in [-0.3, -0.25) is 4.79 Å². The SMILES string of the molecule is CC1=CNC(C)(C(=O)O)C(C(=O)O)C1c1ccccc1. The molecule has 0 spiro atoms. The standard InChI is InChI=1S/C15H17NO4/c1-9-8-16-15(2,14(19)20)12(13(17)18)11(9)10-6-4-3-5-7-10/h3-8,11-12,16H,1-2H3,(H,17,18)(H,19,20). The second-order valence-corrected chi connectivity index (χ2v) is 5.24. The molecule has 1 aromatic rings. The third kappa shape index (κ3) is 2.15. The molecular formula is C15H17NO4. The molecular weight excluding hydrogens is 258 g/mol. The molecule has 0 fully saturated rings. The van der Waals surface area contributed by atoms with Crippen LogP contribution < -0.4 is 5.32 Å². The first-order valence-electron chi connectivity index (χ1n) is 6.33. The monoisotopic (exact) mass is 275 g/mol. The predicted octanol–water partition coefficient (Wildman–Crippen LogP) is 1.82. The number of carboxylic acid groups (broad SMARTS) is 2. The van der Waals surface area contributed by atoms with Crippen molar-refractivity contribution in [3.63, 3.8) is 0 Å². The molecule has 1 aromatic carbocycles. The smallest absolute Gasteiger partial charge is 0.329 e. The van der Waals surface area contributed by atoms with Crippen molar-refractivity contribution in [3.8, 4) is 0 Å². The second-order valence-electron chi connectivity index (χ2n) is 5.24. The van der Waals surface area contributed by atoms with Gasteiger partial charge in [-0.2, -0.15) is 0 Å². The lowest BCUT2D eigenvalue weighted by Gasteiger charge is -2.41. The Hall–Kier alpha value is -2.30. The minimum atomic E-state index is -1.54. The minimum absolute atomic E-state index is 0.462. The van der Waals surface area contributed by atoms with E-state index in [0.717, 1.165) is 11.1 Å². The van der Waals surface area contributed by atoms with Gasteiger partial charge in [-0.05, 0) is 31.2 Å². The van der Waals surface area contributed by atoms with Crippen LogP contribution in [0.3, 0.4) is 0 Å². The Labute approximate surface area is 116 Å². The number of hydrogen-bond donors (Lipinski definition) is 3. The highest BCUT2D eigenvalue weighted by Crippen LogP contribution is 2.41. The van der Waals surface area contributed by atoms with E-state index in [1.54, 1.807) is 6.20 Å². The normalized spacial score (nSPS) is 29.2. The van der Waals surface area contributed by atoms with Crippen LogP contribution in [-0.2, 0) is 9.59 Å². The molecule has 3 N–H and O–H groups in total. The molecule has 0 aromatic heterocycles. The summed E-state index contributed by atoms with van der Waals surface area (Å²) in [5, 5.41) is 21.7. The number of benzene rings is 1. The van der Waals surface area contributed by atoms with Crippen LogP contribution in [0.25, 0.3) is 0 Å². The van der Waals surface area contributed by atoms with Crippen LogP contribution >= 0.6 is 0 Å². The summed E-state index contributed by atoms with van der Waals surface area (Å²) in [5.74, 6) is -3.83. The topological polar surface area (TPSA) is 86.6 Å². The van der Waals surface area contributed by atoms with Gasteiger partial charge in [-0.1, -0.05) is 30.3 Å². The van der Waals surface area contributed by atoms with E-state index in [1.165, 1.54) is 6.92 Å². The predicted molar refractivity (Wildman–Crippen MR) is 73.2 cm³/mol. The molecule has 0 bridgehead atoms. The first-order valence-corrected chi connectivity index (χ1v) is 6.33. The third-order valence-corrected chi connectivity index (χ3v) is 3.91. The summed E-state index contributed by atoms with van der Waals surface area (Å²) in [4.78, 5) is 23.2. The van der Waals surface area contributed by atoms with E-state index in [1.807, 2.05) is 37.3 Å². The second kappa shape index (κ2) is 5.00. The Morgan fingerprint density at radius 3 is 2.30 bits per heavy atom. The Morgan fingerprint density at radius 1 is 1.20 bits per heavy atom. The van der Waals surface area contributed by atoms with E-state index in [9.17, 15) is 19.8 Å². The summed E-state index contributed by atoms with van der Waals surface area (Å²) in [5.41, 5.74) is 0.0798. The molecule has 3 atom stereocenters. The first kappa shape index (κ1) is 14.1. The molecule has 20 heavy (non-hydrogen) atoms. The van der Waals surface area contributed by atoms with Crippen LogP contribution in [0.1, 0.15) is 25.3 Å². The number of carboxylic acids is 2. The fourth-order valence-corrected chi connectivity index (χ4v) is 2.74. The van der Waals surface area contributed by atoms with Crippen molar-refractivity contribution in [2.75, 3.05) is 0 Å². The van der Waals surface area contributed by atoms with Crippen molar-refractivity contribution >= 4 is 11.9 Å². The van der Waals surface area contributed by atoms with Crippen molar-refractivity contribution in [3.05, 3.63) is 47.7 Å². The van der Waals surface area contributed by atoms with Gasteiger partial charge in [0, 0.05) is 5.92 Å². The van der Waals surface area contributed by atoms with Gasteiger partial charge in [0.05, 0.1) is 0 Å². The largest absolute Gasteiger partial charge is 0.481 e. The van der Waals surface area contributed by atoms with E-state index in [2.05, 4.69) is 5.32 Å². The Morgan fingerprint density at radius 2 is 1.80 bits per heavy atom. The summed E-state index contributed by atoms with van der Waals surface area (Å²) in [6.45, 7) is 3.22. The van der Waals surface area contributed by atoms with Crippen molar-refractivity contribution in [1.82, 2.24) is 5.32 Å². The zero-order valence-corrected chi connectivity index (χ0v) is 11.3. The molecule has 1 aliphatic rings. The molecule has 5 heteroatoms. The van der Waals surface area contributed by atoms with Crippen LogP contribution in [0.15, 0.2) is 42.1 Å². The summed E-state index contributed by atoms with van der Waals surface area (Å²) in [6, 6.07) is 9.14. The van der Waals surface area contributed by atoms with Gasteiger partial charge in [-0.25, -0.2) is 4.79 Å². The van der Waals surface area contributed by atoms with Crippen molar-refractivity contribution in [1.29, 1.82) is 0 Å². The number of hydrogen-bond acceptors (Lipinski definition) is 3. The molecule has 106 valence electrons. The molecule has 2 rings (SSSR count).